The molecule has 0 amide bonds. The zero-order valence-corrected chi connectivity index (χ0v) is 10.3. The summed E-state index contributed by atoms with van der Waals surface area (Å²) in [6, 6.07) is 12.0. The minimum Gasteiger partial charge on any atom is -0.481 e. The molecule has 0 aliphatic carbocycles. The van der Waals surface area contributed by atoms with Gasteiger partial charge in [0.15, 0.2) is 0 Å². The SMILES string of the molecule is Cn1cc(CC(=O)O)cc1Sc1ccccc1. The van der Waals surface area contributed by atoms with E-state index in [1.165, 1.54) is 0 Å². The lowest BCUT2D eigenvalue weighted by Gasteiger charge is -2.01. The Labute approximate surface area is 104 Å². The number of aliphatic carboxylic acids is 1. The highest BCUT2D eigenvalue weighted by Crippen LogP contribution is 2.28. The molecule has 4 heteroatoms. The van der Waals surface area contributed by atoms with Crippen molar-refractivity contribution in [2.24, 2.45) is 7.05 Å². The molecule has 88 valence electrons. The zero-order chi connectivity index (χ0) is 12.3. The van der Waals surface area contributed by atoms with E-state index in [0.717, 1.165) is 15.5 Å². The second kappa shape index (κ2) is 5.10. The van der Waals surface area contributed by atoms with Crippen LogP contribution in [0.5, 0.6) is 0 Å². The van der Waals surface area contributed by atoms with Crippen molar-refractivity contribution in [1.29, 1.82) is 0 Å². The number of carboxylic acids is 1. The van der Waals surface area contributed by atoms with Crippen LogP contribution in [0.2, 0.25) is 0 Å². The number of rotatable bonds is 4. The van der Waals surface area contributed by atoms with E-state index >= 15 is 0 Å². The minimum atomic E-state index is -0.799. The molecule has 0 fully saturated rings. The van der Waals surface area contributed by atoms with Crippen LogP contribution in [0.25, 0.3) is 0 Å². The minimum absolute atomic E-state index is 0.0726. The number of carboxylic acid groups (broad SMARTS) is 1. The number of nitrogens with zero attached hydrogens (tertiary/aromatic N) is 1. The second-order valence-electron chi connectivity index (χ2n) is 3.78. The average molecular weight is 247 g/mol. The van der Waals surface area contributed by atoms with Gasteiger partial charge in [-0.2, -0.15) is 0 Å². The van der Waals surface area contributed by atoms with Crippen LogP contribution in [0.15, 0.2) is 52.5 Å². The first-order valence-corrected chi connectivity index (χ1v) is 6.07. The third-order valence-corrected chi connectivity index (χ3v) is 3.46. The quantitative estimate of drug-likeness (QED) is 0.903. The normalized spacial score (nSPS) is 10.4. The van der Waals surface area contributed by atoms with E-state index in [9.17, 15) is 4.79 Å². The molecule has 0 saturated carbocycles. The Balaban J connectivity index is 2.16. The number of hydrogen-bond acceptors (Lipinski definition) is 2. The first kappa shape index (κ1) is 11.8. The van der Waals surface area contributed by atoms with E-state index in [0.29, 0.717) is 0 Å². The molecule has 0 atom stereocenters. The van der Waals surface area contributed by atoms with Gasteiger partial charge in [-0.1, -0.05) is 30.0 Å². The van der Waals surface area contributed by atoms with Crippen molar-refractivity contribution in [1.82, 2.24) is 4.57 Å². The highest BCUT2D eigenvalue weighted by atomic mass is 32.2. The fourth-order valence-electron chi connectivity index (χ4n) is 1.59. The lowest BCUT2D eigenvalue weighted by molar-refractivity contribution is -0.136. The number of aromatic nitrogens is 1. The first-order chi connectivity index (χ1) is 8.15. The van der Waals surface area contributed by atoms with Crippen LogP contribution in [-0.4, -0.2) is 15.6 Å². The molecule has 17 heavy (non-hydrogen) atoms. The molecule has 0 aliphatic heterocycles. The predicted octanol–water partition coefficient (Wildman–Crippen LogP) is 2.80. The van der Waals surface area contributed by atoms with Gasteiger partial charge in [0, 0.05) is 18.1 Å². The Morgan fingerprint density at radius 3 is 2.71 bits per heavy atom. The van der Waals surface area contributed by atoms with E-state index in [4.69, 9.17) is 5.11 Å². The molecule has 2 rings (SSSR count). The first-order valence-electron chi connectivity index (χ1n) is 5.25. The molecule has 0 bridgehead atoms. The molecule has 0 saturated heterocycles. The van der Waals surface area contributed by atoms with E-state index in [1.807, 2.05) is 54.2 Å². The Hall–Kier alpha value is -1.68. The Morgan fingerprint density at radius 1 is 1.35 bits per heavy atom. The lowest BCUT2D eigenvalue weighted by Crippen LogP contribution is -1.98. The van der Waals surface area contributed by atoms with Crippen LogP contribution < -0.4 is 0 Å². The topological polar surface area (TPSA) is 42.2 Å². The zero-order valence-electron chi connectivity index (χ0n) is 9.46. The summed E-state index contributed by atoms with van der Waals surface area (Å²) < 4.78 is 1.95. The van der Waals surface area contributed by atoms with Gasteiger partial charge in [0.25, 0.3) is 0 Å². The Kier molecular flexibility index (Phi) is 3.54. The molecule has 1 aromatic heterocycles. The van der Waals surface area contributed by atoms with Crippen molar-refractivity contribution < 1.29 is 9.90 Å². The summed E-state index contributed by atoms with van der Waals surface area (Å²) in [5, 5.41) is 9.79. The van der Waals surface area contributed by atoms with Crippen LogP contribution in [-0.2, 0) is 18.3 Å². The van der Waals surface area contributed by atoms with Crippen molar-refractivity contribution >= 4 is 17.7 Å². The van der Waals surface area contributed by atoms with Gasteiger partial charge in [-0.3, -0.25) is 4.79 Å². The maximum atomic E-state index is 10.6. The summed E-state index contributed by atoms with van der Waals surface area (Å²) in [6.45, 7) is 0. The number of aryl methyl sites for hydroxylation is 1. The summed E-state index contributed by atoms with van der Waals surface area (Å²) in [5.41, 5.74) is 0.832. The maximum Gasteiger partial charge on any atom is 0.307 e. The largest absolute Gasteiger partial charge is 0.481 e. The van der Waals surface area contributed by atoms with Crippen LogP contribution in [0, 0.1) is 0 Å². The summed E-state index contributed by atoms with van der Waals surface area (Å²) in [4.78, 5) is 11.8. The van der Waals surface area contributed by atoms with Gasteiger partial charge in [-0.05, 0) is 23.8 Å². The molecule has 1 N–H and O–H groups in total. The van der Waals surface area contributed by atoms with Crippen LogP contribution in [0.4, 0.5) is 0 Å². The van der Waals surface area contributed by atoms with E-state index in [2.05, 4.69) is 0 Å². The van der Waals surface area contributed by atoms with Crippen molar-refractivity contribution in [3.8, 4) is 0 Å². The summed E-state index contributed by atoms with van der Waals surface area (Å²) in [5.74, 6) is -0.799. The van der Waals surface area contributed by atoms with Gasteiger partial charge in [0.1, 0.15) is 0 Å². The molecular formula is C13H13NO2S. The van der Waals surface area contributed by atoms with Gasteiger partial charge in [-0.25, -0.2) is 0 Å². The highest BCUT2D eigenvalue weighted by Gasteiger charge is 2.07. The number of benzene rings is 1. The summed E-state index contributed by atoms with van der Waals surface area (Å²) >= 11 is 1.63. The molecule has 1 heterocycles. The molecular weight excluding hydrogens is 234 g/mol. The van der Waals surface area contributed by atoms with E-state index < -0.39 is 5.97 Å². The monoisotopic (exact) mass is 247 g/mol. The number of carbonyl (C=O) groups is 1. The van der Waals surface area contributed by atoms with Crippen molar-refractivity contribution in [3.63, 3.8) is 0 Å². The van der Waals surface area contributed by atoms with E-state index in [1.54, 1.807) is 11.8 Å². The molecule has 0 unspecified atom stereocenters. The fraction of sp³-hybridized carbons (Fsp3) is 0.154. The molecule has 0 radical (unpaired) electrons. The maximum absolute atomic E-state index is 10.6. The Morgan fingerprint density at radius 2 is 2.06 bits per heavy atom. The van der Waals surface area contributed by atoms with Crippen molar-refractivity contribution in [2.75, 3.05) is 0 Å². The predicted molar refractivity (Wildman–Crippen MR) is 67.3 cm³/mol. The van der Waals surface area contributed by atoms with Gasteiger partial charge in [-0.15, -0.1) is 0 Å². The van der Waals surface area contributed by atoms with Gasteiger partial charge >= 0.3 is 5.97 Å². The summed E-state index contributed by atoms with van der Waals surface area (Å²) in [6.07, 6.45) is 1.93. The smallest absolute Gasteiger partial charge is 0.307 e. The fourth-order valence-corrected chi connectivity index (χ4v) is 2.53. The molecule has 0 aliphatic rings. The third kappa shape index (κ3) is 3.14. The molecule has 2 aromatic rings. The average Bonchev–Trinajstić information content (AvgIpc) is 2.59. The van der Waals surface area contributed by atoms with Gasteiger partial charge in [0.05, 0.1) is 11.4 Å². The number of hydrogen-bond donors (Lipinski definition) is 1. The Bertz CT molecular complexity index is 519. The van der Waals surface area contributed by atoms with Gasteiger partial charge in [0.2, 0.25) is 0 Å². The van der Waals surface area contributed by atoms with Crippen molar-refractivity contribution in [3.05, 3.63) is 48.2 Å². The van der Waals surface area contributed by atoms with Crippen LogP contribution in [0.3, 0.4) is 0 Å². The standard InChI is InChI=1S/C13H13NO2S/c1-14-9-10(8-13(15)16)7-12(14)17-11-5-3-2-4-6-11/h2-7,9H,8H2,1H3,(H,15,16). The third-order valence-electron chi connectivity index (χ3n) is 2.34. The van der Waals surface area contributed by atoms with Gasteiger partial charge < -0.3 is 9.67 Å². The molecule has 1 aromatic carbocycles. The van der Waals surface area contributed by atoms with E-state index in [-0.39, 0.29) is 6.42 Å². The summed E-state index contributed by atoms with van der Waals surface area (Å²) in [7, 11) is 1.93. The lowest BCUT2D eigenvalue weighted by atomic mass is 10.2. The second-order valence-corrected chi connectivity index (χ2v) is 4.88. The van der Waals surface area contributed by atoms with Crippen molar-refractivity contribution in [2.45, 2.75) is 16.3 Å². The molecule has 3 nitrogen and oxygen atoms in total. The highest BCUT2D eigenvalue weighted by molar-refractivity contribution is 7.99. The van der Waals surface area contributed by atoms with Crippen LogP contribution in [0.1, 0.15) is 5.56 Å². The van der Waals surface area contributed by atoms with Crippen LogP contribution >= 0.6 is 11.8 Å². The molecule has 0 spiro atoms.